The molecule has 3 atom stereocenters. The SMILES string of the molecule is COc1ccc(C(=O)[C@@H]2CN(C)[C@]3(C(=O)Nc4ccc(Cl)cc43)[C@@]23C(=O)c2cccc4cccc3c24)cc1. The van der Waals surface area contributed by atoms with Gasteiger partial charge in [0.05, 0.1) is 13.0 Å². The van der Waals surface area contributed by atoms with Gasteiger partial charge in [0.1, 0.15) is 16.7 Å². The second-order valence-corrected chi connectivity index (χ2v) is 10.7. The molecule has 1 aliphatic carbocycles. The summed E-state index contributed by atoms with van der Waals surface area (Å²) in [6, 6.07) is 23.5. The summed E-state index contributed by atoms with van der Waals surface area (Å²) < 4.78 is 5.28. The summed E-state index contributed by atoms with van der Waals surface area (Å²) in [5.74, 6) is -0.951. The van der Waals surface area contributed by atoms with E-state index in [0.717, 1.165) is 10.8 Å². The topological polar surface area (TPSA) is 75.7 Å². The van der Waals surface area contributed by atoms with Crippen molar-refractivity contribution in [2.75, 3.05) is 26.0 Å². The number of nitrogens with one attached hydrogen (secondary N) is 1. The zero-order chi connectivity index (χ0) is 26.4. The molecule has 38 heavy (non-hydrogen) atoms. The van der Waals surface area contributed by atoms with Gasteiger partial charge >= 0.3 is 0 Å². The number of hydrogen-bond donors (Lipinski definition) is 1. The van der Waals surface area contributed by atoms with E-state index in [-0.39, 0.29) is 24.0 Å². The lowest BCUT2D eigenvalue weighted by atomic mass is 9.57. The Bertz CT molecular complexity index is 1710. The number of halogens is 1. The number of likely N-dealkylation sites (tertiary alicyclic amines) is 1. The Balaban J connectivity index is 1.58. The molecule has 1 N–H and O–H groups in total. The highest BCUT2D eigenvalue weighted by Gasteiger charge is 2.77. The fourth-order valence-corrected chi connectivity index (χ4v) is 7.44. The van der Waals surface area contributed by atoms with Crippen molar-refractivity contribution in [1.82, 2.24) is 4.90 Å². The van der Waals surface area contributed by atoms with Crippen LogP contribution in [0.25, 0.3) is 10.8 Å². The Morgan fingerprint density at radius 2 is 1.74 bits per heavy atom. The Kier molecular flexibility index (Phi) is 4.72. The van der Waals surface area contributed by atoms with Gasteiger partial charge in [0.15, 0.2) is 11.6 Å². The number of ketones is 2. The van der Waals surface area contributed by atoms with Crippen molar-refractivity contribution in [1.29, 1.82) is 0 Å². The third kappa shape index (κ3) is 2.54. The molecule has 7 heteroatoms. The van der Waals surface area contributed by atoms with E-state index in [9.17, 15) is 14.4 Å². The molecule has 4 aromatic rings. The van der Waals surface area contributed by atoms with Gasteiger partial charge in [-0.2, -0.15) is 0 Å². The number of likely N-dealkylation sites (N-methyl/N-ethyl adjacent to an activating group) is 1. The first kappa shape index (κ1) is 23.1. The monoisotopic (exact) mass is 522 g/mol. The van der Waals surface area contributed by atoms with Gasteiger partial charge in [-0.1, -0.05) is 48.0 Å². The number of ether oxygens (including phenoxy) is 1. The Morgan fingerprint density at radius 1 is 1.00 bits per heavy atom. The molecule has 0 saturated carbocycles. The lowest BCUT2D eigenvalue weighted by Crippen LogP contribution is -2.61. The highest BCUT2D eigenvalue weighted by molar-refractivity contribution is 6.31. The number of methoxy groups -OCH3 is 1. The number of carbonyl (C=O) groups is 3. The van der Waals surface area contributed by atoms with Crippen molar-refractivity contribution in [3.05, 3.63) is 106 Å². The van der Waals surface area contributed by atoms with E-state index in [4.69, 9.17) is 16.3 Å². The van der Waals surface area contributed by atoms with Crippen LogP contribution in [0.1, 0.15) is 31.8 Å². The molecular formula is C31H23ClN2O4. The average Bonchev–Trinajstić information content (AvgIpc) is 3.48. The van der Waals surface area contributed by atoms with Gasteiger partial charge in [-0.05, 0) is 65.8 Å². The molecule has 2 aliphatic heterocycles. The number of anilines is 1. The van der Waals surface area contributed by atoms with E-state index in [1.165, 1.54) is 0 Å². The van der Waals surface area contributed by atoms with Crippen LogP contribution in [0.2, 0.25) is 5.02 Å². The van der Waals surface area contributed by atoms with Crippen LogP contribution in [0.4, 0.5) is 5.69 Å². The molecule has 1 amide bonds. The van der Waals surface area contributed by atoms with Gasteiger partial charge in [0.2, 0.25) is 0 Å². The number of fused-ring (bicyclic) bond motifs is 4. The molecule has 2 heterocycles. The van der Waals surface area contributed by atoms with E-state index < -0.39 is 16.9 Å². The van der Waals surface area contributed by atoms with E-state index in [1.54, 1.807) is 55.6 Å². The van der Waals surface area contributed by atoms with Crippen molar-refractivity contribution in [3.63, 3.8) is 0 Å². The minimum Gasteiger partial charge on any atom is -0.497 e. The highest BCUT2D eigenvalue weighted by Crippen LogP contribution is 2.65. The molecular weight excluding hydrogens is 500 g/mol. The molecule has 1 fully saturated rings. The van der Waals surface area contributed by atoms with Crippen LogP contribution in [0.5, 0.6) is 5.75 Å². The normalized spacial score (nSPS) is 25.4. The maximum absolute atomic E-state index is 14.9. The van der Waals surface area contributed by atoms with Gasteiger partial charge in [-0.25, -0.2) is 0 Å². The third-order valence-corrected chi connectivity index (χ3v) is 8.93. The van der Waals surface area contributed by atoms with Gasteiger partial charge in [0.25, 0.3) is 5.91 Å². The van der Waals surface area contributed by atoms with Crippen molar-refractivity contribution in [3.8, 4) is 5.75 Å². The number of benzene rings is 4. The fraction of sp³-hybridized carbons (Fsp3) is 0.194. The summed E-state index contributed by atoms with van der Waals surface area (Å²) in [5, 5.41) is 5.16. The summed E-state index contributed by atoms with van der Waals surface area (Å²) in [7, 11) is 3.38. The minimum absolute atomic E-state index is 0.196. The maximum atomic E-state index is 14.9. The fourth-order valence-electron chi connectivity index (χ4n) is 7.27. The van der Waals surface area contributed by atoms with Gasteiger partial charge in [0, 0.05) is 33.9 Å². The molecule has 6 nitrogen and oxygen atoms in total. The summed E-state index contributed by atoms with van der Waals surface area (Å²) in [6.45, 7) is 0.209. The van der Waals surface area contributed by atoms with E-state index in [0.29, 0.717) is 38.7 Å². The van der Waals surface area contributed by atoms with Crippen LogP contribution in [0.15, 0.2) is 78.9 Å². The van der Waals surface area contributed by atoms with Crippen LogP contribution in [-0.4, -0.2) is 43.1 Å². The van der Waals surface area contributed by atoms with E-state index >= 15 is 0 Å². The van der Waals surface area contributed by atoms with Crippen LogP contribution in [0, 0.1) is 5.92 Å². The standard InChI is InChI=1S/C31H23ClN2O4/c1-34-16-24(27(35)18-9-12-20(38-2)13-10-18)30(31(34)23-15-19(32)11-14-25(23)33-29(31)37)22-8-4-6-17-5-3-7-21(26(17)22)28(30)36/h3-15,24H,16H2,1-2H3,(H,33,37)/t24-,30+,31+/m0/s1. The first-order valence-electron chi connectivity index (χ1n) is 12.4. The molecule has 2 spiro atoms. The van der Waals surface area contributed by atoms with Crippen molar-refractivity contribution in [2.45, 2.75) is 11.0 Å². The minimum atomic E-state index is -1.50. The highest BCUT2D eigenvalue weighted by atomic mass is 35.5. The number of amides is 1. The predicted octanol–water partition coefficient (Wildman–Crippen LogP) is 5.23. The lowest BCUT2D eigenvalue weighted by molar-refractivity contribution is -0.127. The molecule has 3 aliphatic rings. The number of rotatable bonds is 3. The van der Waals surface area contributed by atoms with E-state index in [1.807, 2.05) is 42.3 Å². The van der Waals surface area contributed by atoms with Crippen molar-refractivity contribution >= 4 is 45.5 Å². The summed E-state index contributed by atoms with van der Waals surface area (Å²) >= 11 is 6.48. The van der Waals surface area contributed by atoms with Crippen molar-refractivity contribution in [2.24, 2.45) is 5.92 Å². The van der Waals surface area contributed by atoms with Crippen LogP contribution in [-0.2, 0) is 15.7 Å². The number of carbonyl (C=O) groups excluding carboxylic acids is 3. The molecule has 4 aromatic carbocycles. The van der Waals surface area contributed by atoms with Gasteiger partial charge < -0.3 is 10.1 Å². The van der Waals surface area contributed by atoms with Gasteiger partial charge in [-0.15, -0.1) is 0 Å². The van der Waals surface area contributed by atoms with Gasteiger partial charge in [-0.3, -0.25) is 19.3 Å². The van der Waals surface area contributed by atoms with Crippen LogP contribution in [0.3, 0.4) is 0 Å². The molecule has 188 valence electrons. The number of Topliss-reactive ketones (excluding diaryl/α,β-unsaturated/α-hetero) is 2. The molecule has 7 rings (SSSR count). The predicted molar refractivity (Wildman–Crippen MR) is 145 cm³/mol. The smallest absolute Gasteiger partial charge is 0.251 e. The first-order chi connectivity index (χ1) is 18.3. The second-order valence-electron chi connectivity index (χ2n) is 10.2. The largest absolute Gasteiger partial charge is 0.497 e. The van der Waals surface area contributed by atoms with Crippen molar-refractivity contribution < 1.29 is 19.1 Å². The Labute approximate surface area is 224 Å². The molecule has 0 radical (unpaired) electrons. The average molecular weight is 523 g/mol. The lowest BCUT2D eigenvalue weighted by Gasteiger charge is -2.44. The van der Waals surface area contributed by atoms with Crippen LogP contribution >= 0.6 is 11.6 Å². The molecule has 1 saturated heterocycles. The third-order valence-electron chi connectivity index (χ3n) is 8.69. The Morgan fingerprint density at radius 3 is 2.47 bits per heavy atom. The summed E-state index contributed by atoms with van der Waals surface area (Å²) in [6.07, 6.45) is 0. The first-order valence-corrected chi connectivity index (χ1v) is 12.8. The second kappa shape index (κ2) is 7.76. The molecule has 0 bridgehead atoms. The quantitative estimate of drug-likeness (QED) is 0.373. The van der Waals surface area contributed by atoms with Crippen LogP contribution < -0.4 is 10.1 Å². The maximum Gasteiger partial charge on any atom is 0.251 e. The Hall–Kier alpha value is -4.00. The zero-order valence-corrected chi connectivity index (χ0v) is 21.5. The number of hydrogen-bond acceptors (Lipinski definition) is 5. The zero-order valence-electron chi connectivity index (χ0n) is 20.7. The van der Waals surface area contributed by atoms with E-state index in [2.05, 4.69) is 5.32 Å². The summed E-state index contributed by atoms with van der Waals surface area (Å²) in [5.41, 5.74) is -0.0636. The summed E-state index contributed by atoms with van der Waals surface area (Å²) in [4.78, 5) is 45.4. The number of nitrogens with zero attached hydrogens (tertiary/aromatic N) is 1. The molecule has 0 unspecified atom stereocenters. The molecule has 0 aromatic heterocycles.